The van der Waals surface area contributed by atoms with E-state index in [-0.39, 0.29) is 16.7 Å². The lowest BCUT2D eigenvalue weighted by Crippen LogP contribution is -2.00. The SMILES string of the molecule is COc1c(F)cc(C=Nn2cc(C)nc2N)c(C)c1Cl. The second-order valence-corrected chi connectivity index (χ2v) is 4.63. The van der Waals surface area contributed by atoms with Gasteiger partial charge in [-0.05, 0) is 25.5 Å². The largest absolute Gasteiger partial charge is 0.492 e. The average Bonchev–Trinajstić information content (AvgIpc) is 2.71. The molecule has 2 N–H and O–H groups in total. The van der Waals surface area contributed by atoms with Crippen molar-refractivity contribution in [2.45, 2.75) is 13.8 Å². The Morgan fingerprint density at radius 2 is 2.20 bits per heavy atom. The summed E-state index contributed by atoms with van der Waals surface area (Å²) in [6.45, 7) is 3.56. The molecular weight excluding hydrogens is 283 g/mol. The summed E-state index contributed by atoms with van der Waals surface area (Å²) in [5.41, 5.74) is 7.62. The molecule has 106 valence electrons. The predicted octanol–water partition coefficient (Wildman–Crippen LogP) is 2.77. The molecule has 0 saturated heterocycles. The highest BCUT2D eigenvalue weighted by Crippen LogP contribution is 2.32. The van der Waals surface area contributed by atoms with Gasteiger partial charge in [-0.1, -0.05) is 11.6 Å². The lowest BCUT2D eigenvalue weighted by molar-refractivity contribution is 0.386. The first-order chi connectivity index (χ1) is 9.43. The highest BCUT2D eigenvalue weighted by Gasteiger charge is 2.13. The Balaban J connectivity index is 2.42. The molecule has 0 spiro atoms. The number of anilines is 1. The van der Waals surface area contributed by atoms with Gasteiger partial charge in [-0.15, -0.1) is 0 Å². The Kier molecular flexibility index (Phi) is 3.94. The lowest BCUT2D eigenvalue weighted by Gasteiger charge is -2.09. The molecule has 0 saturated carbocycles. The van der Waals surface area contributed by atoms with Crippen LogP contribution in [0.4, 0.5) is 10.3 Å². The topological polar surface area (TPSA) is 65.4 Å². The van der Waals surface area contributed by atoms with E-state index in [1.165, 1.54) is 24.1 Å². The maximum absolute atomic E-state index is 13.8. The Morgan fingerprint density at radius 3 is 2.75 bits per heavy atom. The van der Waals surface area contributed by atoms with Crippen molar-refractivity contribution >= 4 is 23.8 Å². The summed E-state index contributed by atoms with van der Waals surface area (Å²) in [6.07, 6.45) is 3.14. The van der Waals surface area contributed by atoms with Gasteiger partial charge in [-0.25, -0.2) is 14.1 Å². The van der Waals surface area contributed by atoms with E-state index in [9.17, 15) is 4.39 Å². The van der Waals surface area contributed by atoms with Crippen LogP contribution in [-0.4, -0.2) is 23.0 Å². The molecule has 0 aliphatic rings. The molecule has 0 atom stereocenters. The van der Waals surface area contributed by atoms with Crippen LogP contribution in [0.3, 0.4) is 0 Å². The molecule has 0 radical (unpaired) electrons. The maximum Gasteiger partial charge on any atom is 0.221 e. The van der Waals surface area contributed by atoms with Crippen LogP contribution >= 0.6 is 11.6 Å². The van der Waals surface area contributed by atoms with Crippen molar-refractivity contribution in [3.05, 3.63) is 39.9 Å². The lowest BCUT2D eigenvalue weighted by atomic mass is 10.1. The first kappa shape index (κ1) is 14.3. The van der Waals surface area contributed by atoms with Crippen molar-refractivity contribution in [3.63, 3.8) is 0 Å². The molecule has 2 rings (SSSR count). The molecule has 0 aliphatic heterocycles. The van der Waals surface area contributed by atoms with Gasteiger partial charge in [0.2, 0.25) is 5.95 Å². The number of rotatable bonds is 3. The molecule has 0 fully saturated rings. The first-order valence-electron chi connectivity index (χ1n) is 5.82. The standard InChI is InChI=1S/C13H14ClFN4O/c1-7-6-19(13(16)18-7)17-5-9-4-10(15)12(20-3)11(14)8(9)2/h4-6H,1-3H3,(H2,16,18). The summed E-state index contributed by atoms with van der Waals surface area (Å²) in [6, 6.07) is 1.31. The number of benzene rings is 1. The monoisotopic (exact) mass is 296 g/mol. The number of ether oxygens (including phenoxy) is 1. The average molecular weight is 297 g/mol. The molecule has 1 aromatic carbocycles. The van der Waals surface area contributed by atoms with Gasteiger partial charge in [0.15, 0.2) is 11.6 Å². The molecule has 20 heavy (non-hydrogen) atoms. The molecule has 1 heterocycles. The Bertz CT molecular complexity index is 681. The number of nitrogens with two attached hydrogens (primary N) is 1. The van der Waals surface area contributed by atoms with Crippen LogP contribution in [0.15, 0.2) is 17.4 Å². The first-order valence-corrected chi connectivity index (χ1v) is 6.20. The van der Waals surface area contributed by atoms with Gasteiger partial charge >= 0.3 is 0 Å². The molecule has 2 aromatic rings. The summed E-state index contributed by atoms with van der Waals surface area (Å²) in [7, 11) is 1.37. The summed E-state index contributed by atoms with van der Waals surface area (Å²) < 4.78 is 20.1. The van der Waals surface area contributed by atoms with Gasteiger partial charge in [0.05, 0.1) is 30.2 Å². The zero-order chi connectivity index (χ0) is 14.9. The summed E-state index contributed by atoms with van der Waals surface area (Å²) in [5.74, 6) is -0.255. The smallest absolute Gasteiger partial charge is 0.221 e. The number of aryl methyl sites for hydroxylation is 1. The fourth-order valence-electron chi connectivity index (χ4n) is 1.75. The van der Waals surface area contributed by atoms with Gasteiger partial charge < -0.3 is 10.5 Å². The molecule has 7 heteroatoms. The van der Waals surface area contributed by atoms with Crippen molar-refractivity contribution in [2.24, 2.45) is 5.10 Å². The van der Waals surface area contributed by atoms with E-state index in [2.05, 4.69) is 10.1 Å². The van der Waals surface area contributed by atoms with Crippen molar-refractivity contribution < 1.29 is 9.13 Å². The normalized spacial score (nSPS) is 11.2. The van der Waals surface area contributed by atoms with E-state index >= 15 is 0 Å². The minimum atomic E-state index is -0.542. The number of imidazole rings is 1. The van der Waals surface area contributed by atoms with Crippen molar-refractivity contribution in [2.75, 3.05) is 12.8 Å². The highest BCUT2D eigenvalue weighted by molar-refractivity contribution is 6.33. The second-order valence-electron chi connectivity index (χ2n) is 4.25. The number of hydrogen-bond acceptors (Lipinski definition) is 4. The molecular formula is C13H14ClFN4O. The van der Waals surface area contributed by atoms with E-state index in [4.69, 9.17) is 22.1 Å². The van der Waals surface area contributed by atoms with Gasteiger partial charge in [0, 0.05) is 5.56 Å². The van der Waals surface area contributed by atoms with Gasteiger partial charge in [-0.2, -0.15) is 5.10 Å². The Hall–Kier alpha value is -2.08. The van der Waals surface area contributed by atoms with Crippen molar-refractivity contribution in [3.8, 4) is 5.75 Å². The van der Waals surface area contributed by atoms with Crippen LogP contribution in [0.25, 0.3) is 0 Å². The second kappa shape index (κ2) is 5.50. The predicted molar refractivity (Wildman–Crippen MR) is 77.1 cm³/mol. The highest BCUT2D eigenvalue weighted by atomic mass is 35.5. The Morgan fingerprint density at radius 1 is 1.50 bits per heavy atom. The number of nitrogens with zero attached hydrogens (tertiary/aromatic N) is 3. The molecule has 0 amide bonds. The van der Waals surface area contributed by atoms with Crippen LogP contribution in [0, 0.1) is 19.7 Å². The zero-order valence-corrected chi connectivity index (χ0v) is 12.1. The number of nitrogen functional groups attached to an aromatic ring is 1. The quantitative estimate of drug-likeness (QED) is 0.886. The van der Waals surface area contributed by atoms with Crippen LogP contribution in [0.2, 0.25) is 5.02 Å². The zero-order valence-electron chi connectivity index (χ0n) is 11.3. The molecule has 1 aromatic heterocycles. The van der Waals surface area contributed by atoms with E-state index in [1.807, 2.05) is 0 Å². The van der Waals surface area contributed by atoms with Gasteiger partial charge in [-0.3, -0.25) is 0 Å². The molecule has 0 aliphatic carbocycles. The number of halogens is 2. The molecule has 5 nitrogen and oxygen atoms in total. The summed E-state index contributed by atoms with van der Waals surface area (Å²) in [5, 5.41) is 4.36. The van der Waals surface area contributed by atoms with E-state index in [0.717, 1.165) is 5.69 Å². The summed E-state index contributed by atoms with van der Waals surface area (Å²) in [4.78, 5) is 4.02. The fourth-order valence-corrected chi connectivity index (χ4v) is 2.03. The van der Waals surface area contributed by atoms with Crippen LogP contribution in [0.5, 0.6) is 5.75 Å². The third-order valence-electron chi connectivity index (χ3n) is 2.82. The molecule has 0 bridgehead atoms. The van der Waals surface area contributed by atoms with Crippen LogP contribution in [0.1, 0.15) is 16.8 Å². The van der Waals surface area contributed by atoms with Gasteiger partial charge in [0.1, 0.15) is 0 Å². The fraction of sp³-hybridized carbons (Fsp3) is 0.231. The minimum Gasteiger partial charge on any atom is -0.492 e. The van der Waals surface area contributed by atoms with Crippen molar-refractivity contribution in [1.82, 2.24) is 9.66 Å². The third-order valence-corrected chi connectivity index (χ3v) is 3.28. The summed E-state index contributed by atoms with van der Waals surface area (Å²) >= 11 is 6.05. The maximum atomic E-state index is 13.8. The van der Waals surface area contributed by atoms with Gasteiger partial charge in [0.25, 0.3) is 0 Å². The van der Waals surface area contributed by atoms with E-state index < -0.39 is 5.82 Å². The number of aromatic nitrogens is 2. The van der Waals surface area contributed by atoms with Crippen molar-refractivity contribution in [1.29, 1.82) is 0 Å². The number of hydrogen-bond donors (Lipinski definition) is 1. The van der Waals surface area contributed by atoms with Crippen LogP contribution in [-0.2, 0) is 0 Å². The van der Waals surface area contributed by atoms with E-state index in [1.54, 1.807) is 20.0 Å². The van der Waals surface area contributed by atoms with E-state index in [0.29, 0.717) is 11.1 Å². The minimum absolute atomic E-state index is 0.0271. The third kappa shape index (κ3) is 2.60. The number of methoxy groups -OCH3 is 1. The Labute approximate surface area is 120 Å². The van der Waals surface area contributed by atoms with Crippen LogP contribution < -0.4 is 10.5 Å². The molecule has 0 unspecified atom stereocenters.